The van der Waals surface area contributed by atoms with Crippen molar-refractivity contribution in [2.24, 2.45) is 5.92 Å². The molecule has 2 fully saturated rings. The number of carbonyl (C=O) groups excluding carboxylic acids is 2. The van der Waals surface area contributed by atoms with Gasteiger partial charge in [0.25, 0.3) is 0 Å². The van der Waals surface area contributed by atoms with E-state index in [2.05, 4.69) is 6.92 Å². The first-order valence-corrected chi connectivity index (χ1v) is 12.0. The molecule has 0 spiro atoms. The van der Waals surface area contributed by atoms with Crippen molar-refractivity contribution in [1.82, 2.24) is 9.21 Å². The quantitative estimate of drug-likeness (QED) is 0.713. The first kappa shape index (κ1) is 21.3. The Kier molecular flexibility index (Phi) is 5.87. The number of benzene rings is 1. The van der Waals surface area contributed by atoms with Crippen molar-refractivity contribution >= 4 is 27.5 Å². The van der Waals surface area contributed by atoms with Crippen LogP contribution >= 0.6 is 0 Å². The van der Waals surface area contributed by atoms with Crippen LogP contribution in [0.2, 0.25) is 0 Å². The second-order valence-electron chi connectivity index (χ2n) is 8.42. The van der Waals surface area contributed by atoms with E-state index >= 15 is 0 Å². The fraction of sp³-hybridized carbons (Fsp3) is 0.619. The SMILES string of the molecule is CC(=O)N1c2ccc(S(=O)(=O)N3CCOCC3)cc2C[C@H]1C(=O)N1CCC(C)CC1. The molecule has 3 heterocycles. The smallest absolute Gasteiger partial charge is 0.246 e. The van der Waals surface area contributed by atoms with Crippen LogP contribution in [0.3, 0.4) is 0 Å². The van der Waals surface area contributed by atoms with Crippen LogP contribution in [0.15, 0.2) is 23.1 Å². The van der Waals surface area contributed by atoms with Crippen LogP contribution in [0.5, 0.6) is 0 Å². The largest absolute Gasteiger partial charge is 0.379 e. The molecule has 0 N–H and O–H groups in total. The molecule has 0 saturated carbocycles. The standard InChI is InChI=1S/C21H29N3O5S/c1-15-5-7-22(8-6-15)21(26)20-14-17-13-18(3-4-19(17)24(20)16(2)25)30(27,28)23-9-11-29-12-10-23/h3-4,13,15,20H,5-12,14H2,1-2H3/t20-/m0/s1. The average Bonchev–Trinajstić information content (AvgIpc) is 3.13. The van der Waals surface area contributed by atoms with E-state index in [9.17, 15) is 18.0 Å². The van der Waals surface area contributed by atoms with Gasteiger partial charge in [0.2, 0.25) is 21.8 Å². The molecule has 3 aliphatic heterocycles. The average molecular weight is 436 g/mol. The molecule has 0 unspecified atom stereocenters. The molecule has 9 heteroatoms. The summed E-state index contributed by atoms with van der Waals surface area (Å²) in [6.07, 6.45) is 2.27. The summed E-state index contributed by atoms with van der Waals surface area (Å²) in [6, 6.07) is 4.22. The number of anilines is 1. The maximum absolute atomic E-state index is 13.2. The number of fused-ring (bicyclic) bond motifs is 1. The number of rotatable bonds is 3. The van der Waals surface area contributed by atoms with Crippen LogP contribution in [0.1, 0.15) is 32.3 Å². The summed E-state index contributed by atoms with van der Waals surface area (Å²) in [6.45, 7) is 6.46. The van der Waals surface area contributed by atoms with Gasteiger partial charge < -0.3 is 9.64 Å². The molecule has 4 rings (SSSR count). The molecule has 30 heavy (non-hydrogen) atoms. The number of ether oxygens (including phenoxy) is 1. The van der Waals surface area contributed by atoms with E-state index in [4.69, 9.17) is 4.74 Å². The lowest BCUT2D eigenvalue weighted by molar-refractivity contribution is -0.135. The molecule has 2 amide bonds. The van der Waals surface area contributed by atoms with Crippen LogP contribution in [0.4, 0.5) is 5.69 Å². The predicted octanol–water partition coefficient (Wildman–Crippen LogP) is 1.24. The number of piperidine rings is 1. The van der Waals surface area contributed by atoms with E-state index in [1.165, 1.54) is 22.2 Å². The summed E-state index contributed by atoms with van der Waals surface area (Å²) in [5.41, 5.74) is 1.36. The summed E-state index contributed by atoms with van der Waals surface area (Å²) >= 11 is 0. The third kappa shape index (κ3) is 3.86. The van der Waals surface area contributed by atoms with Gasteiger partial charge in [0, 0.05) is 45.2 Å². The second kappa shape index (κ2) is 8.28. The summed E-state index contributed by atoms with van der Waals surface area (Å²) in [5, 5.41) is 0. The molecule has 1 atom stereocenters. The van der Waals surface area contributed by atoms with E-state index in [-0.39, 0.29) is 16.7 Å². The van der Waals surface area contributed by atoms with Gasteiger partial charge in [-0.2, -0.15) is 4.31 Å². The van der Waals surface area contributed by atoms with Crippen molar-refractivity contribution < 1.29 is 22.7 Å². The zero-order chi connectivity index (χ0) is 21.5. The number of likely N-dealkylation sites (tertiary alicyclic amines) is 1. The fourth-order valence-corrected chi connectivity index (χ4v) is 6.01. The van der Waals surface area contributed by atoms with Crippen molar-refractivity contribution in [1.29, 1.82) is 0 Å². The molecular weight excluding hydrogens is 406 g/mol. The molecule has 164 valence electrons. The second-order valence-corrected chi connectivity index (χ2v) is 10.4. The van der Waals surface area contributed by atoms with Crippen LogP contribution in [-0.4, -0.2) is 74.9 Å². The highest BCUT2D eigenvalue weighted by atomic mass is 32.2. The van der Waals surface area contributed by atoms with Crippen molar-refractivity contribution in [3.05, 3.63) is 23.8 Å². The molecule has 8 nitrogen and oxygen atoms in total. The molecule has 1 aromatic carbocycles. The van der Waals surface area contributed by atoms with Gasteiger partial charge in [-0.15, -0.1) is 0 Å². The zero-order valence-corrected chi connectivity index (χ0v) is 18.4. The number of hydrogen-bond donors (Lipinski definition) is 0. The summed E-state index contributed by atoms with van der Waals surface area (Å²) in [5.74, 6) is 0.346. The van der Waals surface area contributed by atoms with E-state index in [1.807, 2.05) is 4.90 Å². The van der Waals surface area contributed by atoms with Gasteiger partial charge in [0.15, 0.2) is 0 Å². The number of amides is 2. The molecule has 0 bridgehead atoms. The minimum absolute atomic E-state index is 0.0501. The topological polar surface area (TPSA) is 87.2 Å². The van der Waals surface area contributed by atoms with Gasteiger partial charge in [0.1, 0.15) is 6.04 Å². The molecule has 0 aromatic heterocycles. The minimum atomic E-state index is -3.63. The molecule has 3 aliphatic rings. The van der Waals surface area contributed by atoms with Crippen molar-refractivity contribution in [3.63, 3.8) is 0 Å². The van der Waals surface area contributed by atoms with E-state index in [0.717, 1.165) is 18.4 Å². The number of morpholine rings is 1. The van der Waals surface area contributed by atoms with Crippen LogP contribution in [0, 0.1) is 5.92 Å². The van der Waals surface area contributed by atoms with Gasteiger partial charge in [-0.3, -0.25) is 14.5 Å². The van der Waals surface area contributed by atoms with Gasteiger partial charge >= 0.3 is 0 Å². The normalized spacial score (nSPS) is 23.5. The first-order valence-electron chi connectivity index (χ1n) is 10.6. The Morgan fingerprint density at radius 1 is 1.07 bits per heavy atom. The molecule has 0 radical (unpaired) electrons. The Balaban J connectivity index is 1.60. The van der Waals surface area contributed by atoms with Crippen molar-refractivity contribution in [3.8, 4) is 0 Å². The third-order valence-corrected chi connectivity index (χ3v) is 8.26. The minimum Gasteiger partial charge on any atom is -0.379 e. The Morgan fingerprint density at radius 2 is 1.73 bits per heavy atom. The van der Waals surface area contributed by atoms with E-state index < -0.39 is 16.1 Å². The van der Waals surface area contributed by atoms with E-state index in [1.54, 1.807) is 12.1 Å². The van der Waals surface area contributed by atoms with Crippen LogP contribution in [-0.2, 0) is 30.8 Å². The van der Waals surface area contributed by atoms with Crippen molar-refractivity contribution in [2.75, 3.05) is 44.3 Å². The highest BCUT2D eigenvalue weighted by Gasteiger charge is 2.40. The maximum Gasteiger partial charge on any atom is 0.246 e. The van der Waals surface area contributed by atoms with Gasteiger partial charge in [-0.25, -0.2) is 8.42 Å². The summed E-state index contributed by atoms with van der Waals surface area (Å²) < 4.78 is 32.7. The molecule has 0 aliphatic carbocycles. The van der Waals surface area contributed by atoms with Gasteiger partial charge in [0.05, 0.1) is 18.1 Å². The number of sulfonamides is 1. The Labute approximate surface area is 177 Å². The highest BCUT2D eigenvalue weighted by molar-refractivity contribution is 7.89. The summed E-state index contributed by atoms with van der Waals surface area (Å²) in [7, 11) is -3.63. The Morgan fingerprint density at radius 3 is 2.37 bits per heavy atom. The fourth-order valence-electron chi connectivity index (χ4n) is 4.55. The Hall–Kier alpha value is -1.97. The molecule has 1 aromatic rings. The number of carbonyl (C=O) groups is 2. The zero-order valence-electron chi connectivity index (χ0n) is 17.5. The first-order chi connectivity index (χ1) is 14.3. The molecular formula is C21H29N3O5S. The molecule has 2 saturated heterocycles. The predicted molar refractivity (Wildman–Crippen MR) is 112 cm³/mol. The highest BCUT2D eigenvalue weighted by Crippen LogP contribution is 2.36. The summed E-state index contributed by atoms with van der Waals surface area (Å²) in [4.78, 5) is 29.2. The lowest BCUT2D eigenvalue weighted by Gasteiger charge is -2.34. The monoisotopic (exact) mass is 435 g/mol. The Bertz CT molecular complexity index is 934. The third-order valence-electron chi connectivity index (χ3n) is 6.36. The van der Waals surface area contributed by atoms with Gasteiger partial charge in [-0.05, 0) is 42.5 Å². The number of nitrogens with zero attached hydrogens (tertiary/aromatic N) is 3. The van der Waals surface area contributed by atoms with Crippen LogP contribution in [0.25, 0.3) is 0 Å². The lowest BCUT2D eigenvalue weighted by Crippen LogP contribution is -2.51. The van der Waals surface area contributed by atoms with Gasteiger partial charge in [-0.1, -0.05) is 6.92 Å². The van der Waals surface area contributed by atoms with Crippen molar-refractivity contribution in [2.45, 2.75) is 44.0 Å². The lowest BCUT2D eigenvalue weighted by atomic mass is 9.98. The number of hydrogen-bond acceptors (Lipinski definition) is 5. The van der Waals surface area contributed by atoms with E-state index in [0.29, 0.717) is 57.4 Å². The van der Waals surface area contributed by atoms with Crippen LogP contribution < -0.4 is 4.90 Å². The maximum atomic E-state index is 13.2.